The lowest BCUT2D eigenvalue weighted by molar-refractivity contribution is 0.0950. The van der Waals surface area contributed by atoms with Crippen molar-refractivity contribution in [3.05, 3.63) is 84.2 Å². The molecule has 0 fully saturated rings. The van der Waals surface area contributed by atoms with Crippen molar-refractivity contribution in [2.24, 2.45) is 0 Å². The molecule has 0 bridgehead atoms. The van der Waals surface area contributed by atoms with Gasteiger partial charge in [0, 0.05) is 17.8 Å². The number of carbonyl (C=O) groups excluding carboxylic acids is 1. The van der Waals surface area contributed by atoms with Gasteiger partial charge < -0.3 is 10.1 Å². The van der Waals surface area contributed by atoms with E-state index < -0.39 is 10.0 Å². The number of anilines is 1. The van der Waals surface area contributed by atoms with E-state index in [9.17, 15) is 13.2 Å². The molecule has 7 nitrogen and oxygen atoms in total. The number of ether oxygens (including phenoxy) is 1. The Morgan fingerprint density at radius 3 is 2.61 bits per heavy atom. The summed E-state index contributed by atoms with van der Waals surface area (Å²) in [5.41, 5.74) is 1.31. The van der Waals surface area contributed by atoms with Crippen molar-refractivity contribution in [2.45, 2.75) is 11.4 Å². The van der Waals surface area contributed by atoms with E-state index in [1.54, 1.807) is 48.7 Å². The Morgan fingerprint density at radius 1 is 1.04 bits per heavy atom. The third-order valence-corrected chi connectivity index (χ3v) is 5.26. The summed E-state index contributed by atoms with van der Waals surface area (Å²) in [6.07, 6.45) is 1.64. The quantitative estimate of drug-likeness (QED) is 0.639. The Kier molecular flexibility index (Phi) is 5.90. The van der Waals surface area contributed by atoms with Crippen LogP contribution in [0.4, 0.5) is 5.69 Å². The molecular weight excluding hydrogens is 378 g/mol. The Hall–Kier alpha value is -3.39. The fourth-order valence-corrected chi connectivity index (χ4v) is 3.58. The van der Waals surface area contributed by atoms with Crippen LogP contribution < -0.4 is 14.8 Å². The second kappa shape index (κ2) is 8.53. The summed E-state index contributed by atoms with van der Waals surface area (Å²) in [4.78, 5) is 16.5. The molecule has 2 aromatic carbocycles. The first-order valence-corrected chi connectivity index (χ1v) is 9.91. The van der Waals surface area contributed by atoms with Crippen molar-refractivity contribution < 1.29 is 17.9 Å². The minimum Gasteiger partial charge on any atom is -0.497 e. The number of pyridine rings is 1. The van der Waals surface area contributed by atoms with Crippen LogP contribution in [0.2, 0.25) is 0 Å². The van der Waals surface area contributed by atoms with Gasteiger partial charge in [-0.3, -0.25) is 14.5 Å². The molecule has 1 aromatic heterocycles. The first-order valence-electron chi connectivity index (χ1n) is 8.43. The number of hydrogen-bond donors (Lipinski definition) is 2. The van der Waals surface area contributed by atoms with E-state index in [2.05, 4.69) is 15.0 Å². The second-order valence-electron chi connectivity index (χ2n) is 5.87. The van der Waals surface area contributed by atoms with E-state index in [0.717, 1.165) is 0 Å². The molecule has 0 aliphatic heterocycles. The Morgan fingerprint density at radius 2 is 1.86 bits per heavy atom. The molecule has 0 radical (unpaired) electrons. The maximum atomic E-state index is 12.7. The van der Waals surface area contributed by atoms with E-state index in [1.165, 1.54) is 25.3 Å². The lowest BCUT2D eigenvalue weighted by Crippen LogP contribution is -2.23. The number of methoxy groups -OCH3 is 1. The molecule has 1 amide bonds. The highest BCUT2D eigenvalue weighted by molar-refractivity contribution is 7.92. The summed E-state index contributed by atoms with van der Waals surface area (Å²) in [5.74, 6) is 0.145. The molecular formula is C20H19N3O4S. The molecule has 0 saturated heterocycles. The summed E-state index contributed by atoms with van der Waals surface area (Å²) in [6, 6.07) is 17.8. The highest BCUT2D eigenvalue weighted by Gasteiger charge is 2.17. The van der Waals surface area contributed by atoms with Crippen LogP contribution in [-0.4, -0.2) is 26.4 Å². The van der Waals surface area contributed by atoms with Gasteiger partial charge in [-0.2, -0.15) is 0 Å². The van der Waals surface area contributed by atoms with Gasteiger partial charge in [-0.15, -0.1) is 0 Å². The van der Waals surface area contributed by atoms with Gasteiger partial charge in [0.05, 0.1) is 29.9 Å². The van der Waals surface area contributed by atoms with Gasteiger partial charge in [0.25, 0.3) is 15.9 Å². The number of nitrogens with one attached hydrogen (secondary N) is 2. The SMILES string of the molecule is COc1cccc(NS(=O)(=O)c2cccc(C(=O)NCc3ccccn3)c2)c1. The monoisotopic (exact) mass is 397 g/mol. The second-order valence-corrected chi connectivity index (χ2v) is 7.55. The number of nitrogens with zero attached hydrogens (tertiary/aromatic N) is 1. The van der Waals surface area contributed by atoms with Gasteiger partial charge in [0.15, 0.2) is 0 Å². The first-order chi connectivity index (χ1) is 13.5. The Balaban J connectivity index is 1.74. The zero-order chi connectivity index (χ0) is 20.0. The summed E-state index contributed by atoms with van der Waals surface area (Å²) >= 11 is 0. The lowest BCUT2D eigenvalue weighted by Gasteiger charge is -2.10. The fourth-order valence-electron chi connectivity index (χ4n) is 2.48. The lowest BCUT2D eigenvalue weighted by atomic mass is 10.2. The third kappa shape index (κ3) is 4.86. The van der Waals surface area contributed by atoms with Gasteiger partial charge in [0.1, 0.15) is 5.75 Å². The first kappa shape index (κ1) is 19.4. The number of benzene rings is 2. The van der Waals surface area contributed by atoms with Crippen molar-refractivity contribution in [3.63, 3.8) is 0 Å². The zero-order valence-electron chi connectivity index (χ0n) is 15.1. The zero-order valence-corrected chi connectivity index (χ0v) is 15.9. The topological polar surface area (TPSA) is 97.4 Å². The van der Waals surface area contributed by atoms with E-state index >= 15 is 0 Å². The van der Waals surface area contributed by atoms with Gasteiger partial charge in [-0.05, 0) is 42.5 Å². The van der Waals surface area contributed by atoms with E-state index in [0.29, 0.717) is 17.1 Å². The van der Waals surface area contributed by atoms with E-state index in [-0.39, 0.29) is 22.9 Å². The van der Waals surface area contributed by atoms with Gasteiger partial charge in [-0.1, -0.05) is 18.2 Å². The standard InChI is InChI=1S/C20H19N3O4S/c1-27-18-9-5-8-16(13-18)23-28(25,26)19-10-4-6-15(12-19)20(24)22-14-17-7-2-3-11-21-17/h2-13,23H,14H2,1H3,(H,22,24). The van der Waals surface area contributed by atoms with Crippen LogP contribution >= 0.6 is 0 Å². The molecule has 28 heavy (non-hydrogen) atoms. The average molecular weight is 397 g/mol. The predicted molar refractivity (Wildman–Crippen MR) is 106 cm³/mol. The summed E-state index contributed by atoms with van der Waals surface area (Å²) in [5, 5.41) is 2.73. The molecule has 0 unspecified atom stereocenters. The normalized spacial score (nSPS) is 10.9. The highest BCUT2D eigenvalue weighted by Crippen LogP contribution is 2.21. The highest BCUT2D eigenvalue weighted by atomic mass is 32.2. The largest absolute Gasteiger partial charge is 0.497 e. The van der Waals surface area contributed by atoms with Crippen molar-refractivity contribution in [3.8, 4) is 5.75 Å². The number of hydrogen-bond acceptors (Lipinski definition) is 5. The number of carbonyl (C=O) groups is 1. The molecule has 3 aromatic rings. The van der Waals surface area contributed by atoms with Crippen LogP contribution in [0.3, 0.4) is 0 Å². The van der Waals surface area contributed by atoms with Crippen LogP contribution in [0.25, 0.3) is 0 Å². The number of rotatable bonds is 7. The summed E-state index contributed by atoms with van der Waals surface area (Å²) < 4.78 is 32.9. The van der Waals surface area contributed by atoms with Crippen molar-refractivity contribution in [1.82, 2.24) is 10.3 Å². The summed E-state index contributed by atoms with van der Waals surface area (Å²) in [6.45, 7) is 0.249. The number of aromatic nitrogens is 1. The summed E-state index contributed by atoms with van der Waals surface area (Å²) in [7, 11) is -2.36. The Bertz CT molecular complexity index is 1070. The minimum absolute atomic E-state index is 0.0131. The fraction of sp³-hybridized carbons (Fsp3) is 0.100. The molecule has 2 N–H and O–H groups in total. The third-order valence-electron chi connectivity index (χ3n) is 3.88. The van der Waals surface area contributed by atoms with Crippen LogP contribution in [0.15, 0.2) is 77.8 Å². The van der Waals surface area contributed by atoms with Crippen molar-refractivity contribution >= 4 is 21.6 Å². The predicted octanol–water partition coefficient (Wildman–Crippen LogP) is 2.82. The number of amides is 1. The van der Waals surface area contributed by atoms with Crippen LogP contribution in [0.5, 0.6) is 5.75 Å². The maximum absolute atomic E-state index is 12.7. The van der Waals surface area contributed by atoms with Crippen LogP contribution in [0.1, 0.15) is 16.1 Å². The van der Waals surface area contributed by atoms with Crippen LogP contribution in [-0.2, 0) is 16.6 Å². The van der Waals surface area contributed by atoms with Crippen molar-refractivity contribution in [2.75, 3.05) is 11.8 Å². The number of sulfonamides is 1. The van der Waals surface area contributed by atoms with Gasteiger partial charge in [0.2, 0.25) is 0 Å². The smallest absolute Gasteiger partial charge is 0.261 e. The molecule has 1 heterocycles. The molecule has 0 aliphatic carbocycles. The molecule has 0 atom stereocenters. The van der Waals surface area contributed by atoms with Crippen molar-refractivity contribution in [1.29, 1.82) is 0 Å². The van der Waals surface area contributed by atoms with Gasteiger partial charge in [-0.25, -0.2) is 8.42 Å². The molecule has 3 rings (SSSR count). The minimum atomic E-state index is -3.86. The molecule has 0 saturated carbocycles. The van der Waals surface area contributed by atoms with E-state index in [1.807, 2.05) is 6.07 Å². The van der Waals surface area contributed by atoms with Gasteiger partial charge >= 0.3 is 0 Å². The molecule has 8 heteroatoms. The van der Waals surface area contributed by atoms with E-state index in [4.69, 9.17) is 4.74 Å². The molecule has 0 spiro atoms. The Labute approximate surface area is 163 Å². The maximum Gasteiger partial charge on any atom is 0.261 e. The van der Waals surface area contributed by atoms with Crippen LogP contribution in [0, 0.1) is 0 Å². The average Bonchev–Trinajstić information content (AvgIpc) is 2.72. The molecule has 144 valence electrons. The molecule has 0 aliphatic rings.